The molecule has 3 rings (SSSR count). The van der Waals surface area contributed by atoms with E-state index in [1.54, 1.807) is 48.5 Å². The Kier molecular flexibility index (Phi) is 34.3. The highest BCUT2D eigenvalue weighted by molar-refractivity contribution is 6.00. The van der Waals surface area contributed by atoms with E-state index < -0.39 is 167 Å². The van der Waals surface area contributed by atoms with Gasteiger partial charge in [-0.1, -0.05) is 89.5 Å². The summed E-state index contributed by atoms with van der Waals surface area (Å²) < 4.78 is 11.9. The van der Waals surface area contributed by atoms with Gasteiger partial charge in [0, 0.05) is 68.4 Å². The van der Waals surface area contributed by atoms with E-state index in [1.807, 2.05) is 41.5 Å². The fourth-order valence-electron chi connectivity index (χ4n) is 12.8. The third-order valence-corrected chi connectivity index (χ3v) is 19.0. The Balaban J connectivity index is 2.29. The molecule has 3 heterocycles. The number of rotatable bonds is 22. The second kappa shape index (κ2) is 39.3. The first-order valence-corrected chi connectivity index (χ1v) is 35.2. The molecule has 0 aromatic heterocycles. The van der Waals surface area contributed by atoms with Gasteiger partial charge in [-0.15, -0.1) is 0 Å². The van der Waals surface area contributed by atoms with Gasteiger partial charge in [-0.05, 0) is 121 Å². The maximum Gasteiger partial charge on any atom is 0.303 e. The number of carbonyl (C=O) groups excluding carboxylic acids is 11. The van der Waals surface area contributed by atoms with E-state index in [9.17, 15) is 38.7 Å². The summed E-state index contributed by atoms with van der Waals surface area (Å²) in [5, 5.41) is 21.4. The topological polar surface area (TPSA) is 327 Å². The van der Waals surface area contributed by atoms with E-state index in [4.69, 9.17) is 14.3 Å². The number of hydroxylamine groups is 2. The summed E-state index contributed by atoms with van der Waals surface area (Å²) in [5.74, 6) is -10.8. The van der Waals surface area contributed by atoms with Crippen molar-refractivity contribution >= 4 is 70.9 Å². The van der Waals surface area contributed by atoms with Gasteiger partial charge < -0.3 is 65.2 Å². The number of hydrogen-bond acceptors (Lipinski definition) is 16. The normalized spacial score (nSPS) is 28.0. The van der Waals surface area contributed by atoms with E-state index in [1.165, 1.54) is 87.6 Å². The molecular weight excluding hydrogens is 1250 g/mol. The number of carbonyl (C=O) groups is 12. The van der Waals surface area contributed by atoms with E-state index in [0.717, 1.165) is 36.0 Å². The number of carboxylic acids is 1. The number of unbranched alkanes of at least 4 members (excludes halogenated alkanes) is 2. The maximum atomic E-state index is 15.2. The van der Waals surface area contributed by atoms with Crippen LogP contribution in [-0.4, -0.2) is 276 Å². The molecule has 0 aliphatic carbocycles. The first kappa shape index (κ1) is 84.7. The highest BCUT2D eigenvalue weighted by atomic mass is 16.7. The van der Waals surface area contributed by atoms with Crippen LogP contribution in [0.2, 0.25) is 0 Å². The third kappa shape index (κ3) is 23.6. The highest BCUT2D eigenvalue weighted by Crippen LogP contribution is 2.34. The zero-order valence-corrected chi connectivity index (χ0v) is 62.4. The van der Waals surface area contributed by atoms with Crippen LogP contribution in [-0.2, 0) is 71.8 Å². The molecule has 0 bridgehead atoms. The van der Waals surface area contributed by atoms with Crippen LogP contribution in [0.3, 0.4) is 0 Å². The number of ether oxygens (including phenoxy) is 2. The number of morpholine rings is 1. The molecule has 554 valence electrons. The summed E-state index contributed by atoms with van der Waals surface area (Å²) in [7, 11) is 8.53. The van der Waals surface area contributed by atoms with Gasteiger partial charge in [0.05, 0.1) is 19.3 Å². The van der Waals surface area contributed by atoms with Crippen LogP contribution in [0, 0.1) is 35.5 Å². The quantitative estimate of drug-likeness (QED) is 0.0972. The molecule has 3 aliphatic heterocycles. The van der Waals surface area contributed by atoms with E-state index >= 15 is 24.0 Å². The van der Waals surface area contributed by atoms with Crippen molar-refractivity contribution in [3.05, 3.63) is 0 Å². The van der Waals surface area contributed by atoms with Gasteiger partial charge in [0.25, 0.3) is 5.91 Å². The first-order chi connectivity index (χ1) is 45.2. The molecule has 5 N–H and O–H groups in total. The molecule has 28 heteroatoms. The molecule has 28 nitrogen and oxygen atoms in total. The van der Waals surface area contributed by atoms with Crippen molar-refractivity contribution in [2.45, 2.75) is 254 Å². The van der Waals surface area contributed by atoms with Crippen molar-refractivity contribution in [1.82, 2.24) is 60.6 Å². The minimum Gasteiger partial charge on any atom is -0.481 e. The number of nitrogens with zero attached hydrogens (tertiary/aromatic N) is 8. The molecule has 14 atom stereocenters. The van der Waals surface area contributed by atoms with Crippen molar-refractivity contribution < 1.29 is 77.0 Å². The number of likely N-dealkylation sites (N-methyl/N-ethyl adjacent to an activating group) is 6. The van der Waals surface area contributed by atoms with Crippen LogP contribution in [0.1, 0.15) is 175 Å². The van der Waals surface area contributed by atoms with Crippen molar-refractivity contribution in [1.29, 1.82) is 0 Å². The van der Waals surface area contributed by atoms with Crippen molar-refractivity contribution in [3.8, 4) is 0 Å². The second-order valence-electron chi connectivity index (χ2n) is 29.1. The Morgan fingerprint density at radius 1 is 0.526 bits per heavy atom. The Labute approximate surface area is 577 Å². The lowest BCUT2D eigenvalue weighted by Crippen LogP contribution is -2.72. The van der Waals surface area contributed by atoms with Crippen molar-refractivity contribution in [3.63, 3.8) is 0 Å². The van der Waals surface area contributed by atoms with Gasteiger partial charge in [0.2, 0.25) is 59.1 Å². The lowest BCUT2D eigenvalue weighted by atomic mass is 9.88. The average Bonchev–Trinajstić information content (AvgIpc) is 0.753. The lowest BCUT2D eigenvalue weighted by Gasteiger charge is -2.50. The van der Waals surface area contributed by atoms with Crippen LogP contribution >= 0.6 is 0 Å². The standard InChI is InChI=1S/C69H122N12O16/c1-23-49-65(90)74(17)47(15)64(89)79(22)56(48(16)96-33-27-26-30-80-31-34-95-35-32-80)61(86)73-54(42(8)9)68(93)75(18)50(36-39(2)3)60(85)70-45(13)59(84)71-46(14)63(88)76(19)51(37-40(4)5)66(91)77(20)52(38-41(6)7)67(92)78(21)55(43(10)11)69(94)81-57(62(87)72-49)58(97-81)44(12)28-24-25-29-53(82)83/h39-52,54-58H,23-38H2,1-22H3,(H,70,85)(H,71,84)(H,72,87)(H,73,86)(H,82,83)/t44-,45+,46-,47-,48-,49+,50+,51+,52+,54+,55+,56+,57+,58-/m1/s1. The van der Waals surface area contributed by atoms with Crippen molar-refractivity contribution in [2.24, 2.45) is 35.5 Å². The summed E-state index contributed by atoms with van der Waals surface area (Å²) in [6, 6.07) is -13.9. The molecule has 0 saturated carbocycles. The SMILES string of the molecule is CC[C@@H]1NC(=O)[C@@H]2[C@@H]([C@H](C)CCCCC(=O)O)ON2C(=O)[C@H](C(C)C)N(C)C(=O)[C@H](CC(C)C)N(C)C(=O)[C@H](CC(C)C)N(C)C(=O)[C@@H](C)NC(=O)[C@H](C)NC(=O)[C@H](CC(C)C)N(C)C(=O)[C@H](C(C)C)NC(=O)[C@H]([C@@H](C)OCCCCN2CCOCC2)N(C)C(=O)[C@@H](C)N(C)C1=O. The zero-order chi connectivity index (χ0) is 73.8. The molecule has 0 aromatic rings. The lowest BCUT2D eigenvalue weighted by molar-refractivity contribution is -0.322. The number of aliphatic carboxylic acids is 1. The Morgan fingerprint density at radius 2 is 1.04 bits per heavy atom. The number of carboxylic acid groups (broad SMARTS) is 1. The monoisotopic (exact) mass is 1370 g/mol. The van der Waals surface area contributed by atoms with Crippen LogP contribution in [0.4, 0.5) is 0 Å². The molecule has 0 unspecified atom stereocenters. The predicted molar refractivity (Wildman–Crippen MR) is 365 cm³/mol. The summed E-state index contributed by atoms with van der Waals surface area (Å²) >= 11 is 0. The van der Waals surface area contributed by atoms with Gasteiger partial charge in [-0.25, -0.2) is 5.06 Å². The summed E-state index contributed by atoms with van der Waals surface area (Å²) in [5.41, 5.74) is 0. The predicted octanol–water partition coefficient (Wildman–Crippen LogP) is 3.13. The Morgan fingerprint density at radius 3 is 1.57 bits per heavy atom. The van der Waals surface area contributed by atoms with E-state index in [-0.39, 0.29) is 56.5 Å². The largest absolute Gasteiger partial charge is 0.481 e. The molecule has 11 amide bonds. The highest BCUT2D eigenvalue weighted by Gasteiger charge is 2.55. The van der Waals surface area contributed by atoms with Gasteiger partial charge in [0.1, 0.15) is 66.5 Å². The van der Waals surface area contributed by atoms with Crippen LogP contribution < -0.4 is 21.3 Å². The van der Waals surface area contributed by atoms with Gasteiger partial charge in [-0.2, -0.15) is 0 Å². The van der Waals surface area contributed by atoms with Crippen LogP contribution in [0.5, 0.6) is 0 Å². The molecule has 0 spiro atoms. The summed E-state index contributed by atoms with van der Waals surface area (Å²) in [6.07, 6.45) is 0.901. The zero-order valence-electron chi connectivity index (χ0n) is 62.4. The van der Waals surface area contributed by atoms with Gasteiger partial charge >= 0.3 is 5.97 Å². The number of hydrogen-bond donors (Lipinski definition) is 5. The number of fused-ring (bicyclic) bond motifs is 1. The van der Waals surface area contributed by atoms with E-state index in [2.05, 4.69) is 26.2 Å². The van der Waals surface area contributed by atoms with E-state index in [0.29, 0.717) is 38.9 Å². The minimum atomic E-state index is -1.40. The summed E-state index contributed by atoms with van der Waals surface area (Å²) in [4.78, 5) is 191. The molecule has 3 saturated heterocycles. The Hall–Kier alpha value is -6.52. The third-order valence-electron chi connectivity index (χ3n) is 19.0. The average molecular weight is 1380 g/mol. The number of amides is 11. The molecule has 0 aromatic carbocycles. The smallest absolute Gasteiger partial charge is 0.303 e. The molecule has 0 radical (unpaired) electrons. The molecule has 3 fully saturated rings. The van der Waals surface area contributed by atoms with Gasteiger partial charge in [0.15, 0.2) is 6.04 Å². The molecule has 97 heavy (non-hydrogen) atoms. The van der Waals surface area contributed by atoms with Crippen molar-refractivity contribution in [2.75, 3.05) is 81.7 Å². The maximum absolute atomic E-state index is 15.2. The fourth-order valence-corrected chi connectivity index (χ4v) is 12.8. The van der Waals surface area contributed by atoms with Gasteiger partial charge in [-0.3, -0.25) is 67.3 Å². The van der Waals surface area contributed by atoms with Crippen LogP contribution in [0.15, 0.2) is 0 Å². The van der Waals surface area contributed by atoms with Crippen LogP contribution in [0.25, 0.3) is 0 Å². The fraction of sp³-hybridized carbons (Fsp3) is 0.826. The summed E-state index contributed by atoms with van der Waals surface area (Å²) in [6.45, 7) is 31.3. The minimum absolute atomic E-state index is 0.00711. The second-order valence-corrected chi connectivity index (χ2v) is 29.1. The molecule has 3 aliphatic rings. The Bertz CT molecular complexity index is 2670. The first-order valence-electron chi connectivity index (χ1n) is 35.2. The number of nitrogens with one attached hydrogen (secondary N) is 4. The molecular formula is C69H122N12O16.